The van der Waals surface area contributed by atoms with Crippen molar-refractivity contribution >= 4 is 29.1 Å². The van der Waals surface area contributed by atoms with Gasteiger partial charge in [0.2, 0.25) is 5.95 Å². The van der Waals surface area contributed by atoms with Gasteiger partial charge in [-0.2, -0.15) is 4.98 Å². The molecule has 1 saturated heterocycles. The maximum Gasteiger partial charge on any atom is 0.229 e. The molecule has 2 aromatic carbocycles. The highest BCUT2D eigenvalue weighted by molar-refractivity contribution is 6.30. The normalized spacial score (nSPS) is 14.9. The fourth-order valence-corrected chi connectivity index (χ4v) is 3.35. The largest absolute Gasteiger partial charge is 0.354 e. The van der Waals surface area contributed by atoms with Gasteiger partial charge in [-0.25, -0.2) is 4.98 Å². The van der Waals surface area contributed by atoms with E-state index in [1.165, 1.54) is 5.56 Å². The smallest absolute Gasteiger partial charge is 0.229 e. The number of hydrogen-bond donors (Lipinski definition) is 1. The van der Waals surface area contributed by atoms with Gasteiger partial charge in [0, 0.05) is 49.6 Å². The number of benzene rings is 2. The van der Waals surface area contributed by atoms with Gasteiger partial charge in [-0.1, -0.05) is 41.9 Å². The molecule has 4 rings (SSSR count). The predicted molar refractivity (Wildman–Crippen MR) is 111 cm³/mol. The summed E-state index contributed by atoms with van der Waals surface area (Å²) in [6.45, 7) is 4.98. The van der Waals surface area contributed by atoms with E-state index in [1.807, 2.05) is 30.3 Å². The number of hydrogen-bond acceptors (Lipinski definition) is 5. The summed E-state index contributed by atoms with van der Waals surface area (Å²) in [5, 5.41) is 3.95. The Balaban J connectivity index is 1.36. The molecule has 0 saturated carbocycles. The summed E-state index contributed by atoms with van der Waals surface area (Å²) in [6, 6.07) is 20.1. The second kappa shape index (κ2) is 8.37. The minimum atomic E-state index is 0.599. The molecule has 0 unspecified atom stereocenters. The van der Waals surface area contributed by atoms with Crippen LogP contribution in [0.3, 0.4) is 0 Å². The van der Waals surface area contributed by atoms with Crippen molar-refractivity contribution in [2.24, 2.45) is 0 Å². The van der Waals surface area contributed by atoms with Gasteiger partial charge in [-0.15, -0.1) is 0 Å². The predicted octanol–water partition coefficient (Wildman–Crippen LogP) is 4.20. The molecule has 0 spiro atoms. The summed E-state index contributed by atoms with van der Waals surface area (Å²) in [7, 11) is 0. The number of anilines is 3. The first kappa shape index (κ1) is 17.8. The van der Waals surface area contributed by atoms with Crippen LogP contribution in [0.2, 0.25) is 5.02 Å². The Labute approximate surface area is 164 Å². The standard InChI is InChI=1S/C21H22ClN5/c22-18-6-8-19(9-7-18)24-21-23-11-10-20(25-21)27-14-12-26(13-15-27)16-17-4-2-1-3-5-17/h1-11H,12-16H2,(H,23,24,25). The molecule has 1 fully saturated rings. The van der Waals surface area contributed by atoms with Crippen LogP contribution >= 0.6 is 11.6 Å². The lowest BCUT2D eigenvalue weighted by Gasteiger charge is -2.35. The molecule has 5 nitrogen and oxygen atoms in total. The van der Waals surface area contributed by atoms with Crippen molar-refractivity contribution in [3.63, 3.8) is 0 Å². The molecule has 1 aliphatic heterocycles. The van der Waals surface area contributed by atoms with Crippen LogP contribution in [0.15, 0.2) is 66.9 Å². The van der Waals surface area contributed by atoms with Crippen LogP contribution in [0.1, 0.15) is 5.56 Å². The maximum absolute atomic E-state index is 5.93. The molecule has 138 valence electrons. The second-order valence-electron chi connectivity index (χ2n) is 6.62. The van der Waals surface area contributed by atoms with Crippen LogP contribution < -0.4 is 10.2 Å². The molecule has 0 atom stereocenters. The quantitative estimate of drug-likeness (QED) is 0.719. The van der Waals surface area contributed by atoms with Gasteiger partial charge in [0.1, 0.15) is 5.82 Å². The Morgan fingerprint density at radius 1 is 0.889 bits per heavy atom. The first-order valence-corrected chi connectivity index (χ1v) is 9.51. The van der Waals surface area contributed by atoms with Gasteiger partial charge < -0.3 is 10.2 Å². The van der Waals surface area contributed by atoms with Gasteiger partial charge in [0.15, 0.2) is 0 Å². The summed E-state index contributed by atoms with van der Waals surface area (Å²) in [4.78, 5) is 13.8. The van der Waals surface area contributed by atoms with Gasteiger partial charge in [-0.05, 0) is 35.9 Å². The van der Waals surface area contributed by atoms with E-state index in [2.05, 4.69) is 55.4 Å². The van der Waals surface area contributed by atoms with E-state index in [0.717, 1.165) is 44.2 Å². The highest BCUT2D eigenvalue weighted by Crippen LogP contribution is 2.20. The minimum Gasteiger partial charge on any atom is -0.354 e. The van der Waals surface area contributed by atoms with Crippen molar-refractivity contribution in [2.75, 3.05) is 36.4 Å². The van der Waals surface area contributed by atoms with E-state index < -0.39 is 0 Å². The summed E-state index contributed by atoms with van der Waals surface area (Å²) in [6.07, 6.45) is 1.80. The molecule has 27 heavy (non-hydrogen) atoms. The lowest BCUT2D eigenvalue weighted by molar-refractivity contribution is 0.249. The van der Waals surface area contributed by atoms with Crippen molar-refractivity contribution in [1.29, 1.82) is 0 Å². The molecule has 1 aromatic heterocycles. The molecular formula is C21H22ClN5. The zero-order valence-corrected chi connectivity index (χ0v) is 15.8. The van der Waals surface area contributed by atoms with E-state index in [1.54, 1.807) is 6.20 Å². The molecule has 0 amide bonds. The molecule has 6 heteroatoms. The Morgan fingerprint density at radius 3 is 2.37 bits per heavy atom. The van der Waals surface area contributed by atoms with Crippen molar-refractivity contribution in [2.45, 2.75) is 6.54 Å². The van der Waals surface area contributed by atoms with Gasteiger partial charge in [-0.3, -0.25) is 4.90 Å². The number of piperazine rings is 1. The van der Waals surface area contributed by atoms with Crippen LogP contribution in [0, 0.1) is 0 Å². The number of aromatic nitrogens is 2. The molecule has 2 heterocycles. The van der Waals surface area contributed by atoms with Crippen LogP contribution in [0.5, 0.6) is 0 Å². The molecular weight excluding hydrogens is 358 g/mol. The SMILES string of the molecule is Clc1ccc(Nc2nccc(N3CCN(Cc4ccccc4)CC3)n2)cc1. The molecule has 1 N–H and O–H groups in total. The zero-order valence-electron chi connectivity index (χ0n) is 15.1. The fraction of sp³-hybridized carbons (Fsp3) is 0.238. The number of halogens is 1. The highest BCUT2D eigenvalue weighted by Gasteiger charge is 2.18. The van der Waals surface area contributed by atoms with Crippen molar-refractivity contribution in [3.8, 4) is 0 Å². The third-order valence-corrected chi connectivity index (χ3v) is 4.94. The van der Waals surface area contributed by atoms with Crippen molar-refractivity contribution < 1.29 is 0 Å². The highest BCUT2D eigenvalue weighted by atomic mass is 35.5. The van der Waals surface area contributed by atoms with Crippen LogP contribution in [0.4, 0.5) is 17.5 Å². The van der Waals surface area contributed by atoms with Crippen molar-refractivity contribution in [1.82, 2.24) is 14.9 Å². The molecule has 0 bridgehead atoms. The summed E-state index contributed by atoms with van der Waals surface area (Å²) >= 11 is 5.93. The lowest BCUT2D eigenvalue weighted by Crippen LogP contribution is -2.46. The van der Waals surface area contributed by atoms with Crippen LogP contribution in [-0.2, 0) is 6.54 Å². The monoisotopic (exact) mass is 379 g/mol. The van der Waals surface area contributed by atoms with Gasteiger partial charge in [0.25, 0.3) is 0 Å². The van der Waals surface area contributed by atoms with Crippen LogP contribution in [0.25, 0.3) is 0 Å². The van der Waals surface area contributed by atoms with E-state index in [-0.39, 0.29) is 0 Å². The minimum absolute atomic E-state index is 0.599. The number of nitrogens with zero attached hydrogens (tertiary/aromatic N) is 4. The zero-order chi connectivity index (χ0) is 18.5. The second-order valence-corrected chi connectivity index (χ2v) is 7.06. The molecule has 1 aliphatic rings. The number of rotatable bonds is 5. The Kier molecular flexibility index (Phi) is 5.51. The van der Waals surface area contributed by atoms with E-state index in [9.17, 15) is 0 Å². The third-order valence-electron chi connectivity index (χ3n) is 4.69. The topological polar surface area (TPSA) is 44.3 Å². The van der Waals surface area contributed by atoms with E-state index >= 15 is 0 Å². The number of nitrogens with one attached hydrogen (secondary N) is 1. The summed E-state index contributed by atoms with van der Waals surface area (Å²) in [5.74, 6) is 1.56. The van der Waals surface area contributed by atoms with E-state index in [0.29, 0.717) is 11.0 Å². The van der Waals surface area contributed by atoms with Crippen LogP contribution in [-0.4, -0.2) is 41.0 Å². The molecule has 0 aliphatic carbocycles. The Morgan fingerprint density at radius 2 is 1.63 bits per heavy atom. The first-order chi connectivity index (χ1) is 13.3. The van der Waals surface area contributed by atoms with E-state index in [4.69, 9.17) is 11.6 Å². The third kappa shape index (κ3) is 4.76. The fourth-order valence-electron chi connectivity index (χ4n) is 3.22. The van der Waals surface area contributed by atoms with Crippen molar-refractivity contribution in [3.05, 3.63) is 77.4 Å². The first-order valence-electron chi connectivity index (χ1n) is 9.13. The van der Waals surface area contributed by atoms with Gasteiger partial charge in [0.05, 0.1) is 0 Å². The lowest BCUT2D eigenvalue weighted by atomic mass is 10.2. The Bertz CT molecular complexity index is 861. The molecule has 3 aromatic rings. The summed E-state index contributed by atoms with van der Waals surface area (Å²) < 4.78 is 0. The molecule has 0 radical (unpaired) electrons. The summed E-state index contributed by atoms with van der Waals surface area (Å²) in [5.41, 5.74) is 2.28. The van der Waals surface area contributed by atoms with Gasteiger partial charge >= 0.3 is 0 Å². The maximum atomic E-state index is 5.93. The average Bonchev–Trinajstić information content (AvgIpc) is 2.71. The average molecular weight is 380 g/mol. The Hall–Kier alpha value is -2.63.